The molecule has 3 aromatic rings. The minimum atomic E-state index is -0.554. The molecule has 1 fully saturated rings. The van der Waals surface area contributed by atoms with E-state index in [1.165, 1.54) is 9.80 Å². The second-order valence-electron chi connectivity index (χ2n) is 6.35. The molecule has 0 unspecified atom stereocenters. The monoisotopic (exact) mass is 380 g/mol. The van der Waals surface area contributed by atoms with E-state index in [0.29, 0.717) is 10.7 Å². The number of amides is 3. The van der Waals surface area contributed by atoms with Gasteiger partial charge in [0.15, 0.2) is 0 Å². The maximum Gasteiger partial charge on any atom is 0.332 e. The van der Waals surface area contributed by atoms with Crippen LogP contribution in [0.25, 0.3) is 5.69 Å². The minimum absolute atomic E-state index is 0.217. The van der Waals surface area contributed by atoms with Crippen molar-refractivity contribution < 1.29 is 9.59 Å². The Morgan fingerprint density at radius 2 is 1.67 bits per heavy atom. The molecular formula is C20H17ClN4O2. The molecule has 7 heteroatoms. The summed E-state index contributed by atoms with van der Waals surface area (Å²) >= 11 is 5.92. The largest absolute Gasteiger partial charge is 0.332 e. The molecule has 6 nitrogen and oxygen atoms in total. The van der Waals surface area contributed by atoms with Crippen LogP contribution in [0.1, 0.15) is 12.5 Å². The Hall–Kier alpha value is -3.12. The molecule has 0 spiro atoms. The molecule has 0 saturated carbocycles. The lowest BCUT2D eigenvalue weighted by atomic mass is 10.2. The van der Waals surface area contributed by atoms with E-state index in [-0.39, 0.29) is 18.5 Å². The molecule has 27 heavy (non-hydrogen) atoms. The normalized spacial score (nSPS) is 17.0. The van der Waals surface area contributed by atoms with Crippen molar-refractivity contribution in [1.29, 1.82) is 0 Å². The molecule has 1 aromatic heterocycles. The van der Waals surface area contributed by atoms with Crippen LogP contribution in [0.5, 0.6) is 0 Å². The number of urea groups is 1. The number of anilines is 1. The fraction of sp³-hybridized carbons (Fsp3) is 0.150. The number of carbonyl (C=O) groups excluding carboxylic acids is 2. The van der Waals surface area contributed by atoms with Gasteiger partial charge >= 0.3 is 6.03 Å². The highest BCUT2D eigenvalue weighted by atomic mass is 35.5. The topological polar surface area (TPSA) is 58.4 Å². The Morgan fingerprint density at radius 1 is 1.00 bits per heavy atom. The average molecular weight is 381 g/mol. The zero-order valence-corrected chi connectivity index (χ0v) is 15.4. The fourth-order valence-electron chi connectivity index (χ4n) is 3.17. The summed E-state index contributed by atoms with van der Waals surface area (Å²) in [7, 11) is 0. The van der Waals surface area contributed by atoms with Gasteiger partial charge in [0, 0.05) is 23.1 Å². The summed E-state index contributed by atoms with van der Waals surface area (Å²) in [4.78, 5) is 28.3. The van der Waals surface area contributed by atoms with Crippen LogP contribution >= 0.6 is 11.6 Å². The van der Waals surface area contributed by atoms with Crippen molar-refractivity contribution in [3.8, 4) is 5.69 Å². The van der Waals surface area contributed by atoms with Crippen LogP contribution < -0.4 is 4.90 Å². The van der Waals surface area contributed by atoms with Gasteiger partial charge in [0.25, 0.3) is 5.91 Å². The highest BCUT2D eigenvalue weighted by Gasteiger charge is 2.43. The van der Waals surface area contributed by atoms with E-state index in [1.807, 2.05) is 36.5 Å². The van der Waals surface area contributed by atoms with Crippen molar-refractivity contribution in [2.24, 2.45) is 0 Å². The third kappa shape index (κ3) is 3.19. The maximum absolute atomic E-state index is 12.9. The van der Waals surface area contributed by atoms with Crippen molar-refractivity contribution in [3.63, 3.8) is 0 Å². The lowest BCUT2D eigenvalue weighted by Crippen LogP contribution is -2.33. The van der Waals surface area contributed by atoms with Gasteiger partial charge in [0.05, 0.1) is 12.2 Å². The molecule has 0 bridgehead atoms. The van der Waals surface area contributed by atoms with Crippen LogP contribution in [0.2, 0.25) is 5.02 Å². The standard InChI is InChI=1S/C20H17ClN4O2/c1-14-19(26)23(20(27)25(14)18-9-5-16(21)6-10-18)13-15-3-7-17(8-4-15)24-12-2-11-22-24/h2-12,14H,13H2,1H3/t14-/m0/s1. The average Bonchev–Trinajstić information content (AvgIpc) is 3.28. The fourth-order valence-corrected chi connectivity index (χ4v) is 3.29. The summed E-state index contributed by atoms with van der Waals surface area (Å²) in [6, 6.07) is 15.5. The van der Waals surface area contributed by atoms with Gasteiger partial charge in [0.1, 0.15) is 6.04 Å². The maximum atomic E-state index is 12.9. The number of nitrogens with zero attached hydrogens (tertiary/aromatic N) is 4. The summed E-state index contributed by atoms with van der Waals surface area (Å²) in [6.45, 7) is 1.96. The smallest absolute Gasteiger partial charge is 0.282 e. The number of imide groups is 1. The number of carbonyl (C=O) groups is 2. The van der Waals surface area contributed by atoms with Gasteiger partial charge in [-0.05, 0) is 55.0 Å². The number of hydrogen-bond donors (Lipinski definition) is 0. The van der Waals surface area contributed by atoms with Crippen LogP contribution in [0, 0.1) is 0 Å². The molecule has 1 atom stereocenters. The highest BCUT2D eigenvalue weighted by molar-refractivity contribution is 6.30. The number of halogens is 1. The first-order chi connectivity index (χ1) is 13.0. The van der Waals surface area contributed by atoms with Gasteiger partial charge in [-0.25, -0.2) is 9.48 Å². The van der Waals surface area contributed by atoms with Gasteiger partial charge in [-0.15, -0.1) is 0 Å². The highest BCUT2D eigenvalue weighted by Crippen LogP contribution is 2.28. The summed E-state index contributed by atoms with van der Waals surface area (Å²) in [5.74, 6) is -0.217. The first-order valence-electron chi connectivity index (χ1n) is 8.54. The molecule has 1 saturated heterocycles. The molecule has 2 heterocycles. The van der Waals surface area contributed by atoms with Crippen LogP contribution in [-0.4, -0.2) is 32.7 Å². The number of rotatable bonds is 4. The predicted molar refractivity (Wildman–Crippen MR) is 103 cm³/mol. The van der Waals surface area contributed by atoms with E-state index in [2.05, 4.69) is 5.10 Å². The van der Waals surface area contributed by atoms with Crippen LogP contribution in [0.15, 0.2) is 67.0 Å². The van der Waals surface area contributed by atoms with Crippen LogP contribution in [-0.2, 0) is 11.3 Å². The molecule has 1 aliphatic rings. The zero-order chi connectivity index (χ0) is 19.0. The molecule has 0 aliphatic carbocycles. The van der Waals surface area contributed by atoms with E-state index in [0.717, 1.165) is 11.3 Å². The zero-order valence-electron chi connectivity index (χ0n) is 14.6. The number of benzene rings is 2. The van der Waals surface area contributed by atoms with Crippen molar-refractivity contribution in [1.82, 2.24) is 14.7 Å². The summed E-state index contributed by atoms with van der Waals surface area (Å²) in [5.41, 5.74) is 2.44. The van der Waals surface area contributed by atoms with Gasteiger partial charge in [-0.3, -0.25) is 14.6 Å². The Balaban J connectivity index is 1.54. The van der Waals surface area contributed by atoms with Crippen LogP contribution in [0.4, 0.5) is 10.5 Å². The van der Waals surface area contributed by atoms with Crippen molar-refractivity contribution in [2.75, 3.05) is 4.90 Å². The Bertz CT molecular complexity index is 968. The molecule has 3 amide bonds. The van der Waals surface area contributed by atoms with E-state index in [9.17, 15) is 9.59 Å². The van der Waals surface area contributed by atoms with Gasteiger partial charge in [-0.2, -0.15) is 5.10 Å². The first kappa shape index (κ1) is 17.3. The molecule has 0 N–H and O–H groups in total. The lowest BCUT2D eigenvalue weighted by molar-refractivity contribution is -0.127. The Kier molecular flexibility index (Phi) is 4.41. The molecule has 136 valence electrons. The molecular weight excluding hydrogens is 364 g/mol. The van der Waals surface area contributed by atoms with Crippen molar-refractivity contribution in [3.05, 3.63) is 77.6 Å². The summed E-state index contributed by atoms with van der Waals surface area (Å²) < 4.78 is 1.75. The third-order valence-corrected chi connectivity index (χ3v) is 4.85. The second-order valence-corrected chi connectivity index (χ2v) is 6.78. The predicted octanol–water partition coefficient (Wildman–Crippen LogP) is 3.88. The van der Waals surface area contributed by atoms with E-state index >= 15 is 0 Å². The Labute approximate surface area is 161 Å². The van der Waals surface area contributed by atoms with Crippen molar-refractivity contribution >= 4 is 29.2 Å². The van der Waals surface area contributed by atoms with Crippen molar-refractivity contribution in [2.45, 2.75) is 19.5 Å². The third-order valence-electron chi connectivity index (χ3n) is 4.60. The van der Waals surface area contributed by atoms with Crippen LogP contribution in [0.3, 0.4) is 0 Å². The van der Waals surface area contributed by atoms with E-state index in [1.54, 1.807) is 42.1 Å². The first-order valence-corrected chi connectivity index (χ1v) is 8.91. The quantitative estimate of drug-likeness (QED) is 0.645. The Morgan fingerprint density at radius 3 is 2.30 bits per heavy atom. The molecule has 0 radical (unpaired) electrons. The SMILES string of the molecule is C[C@H]1C(=O)N(Cc2ccc(-n3cccn3)cc2)C(=O)N1c1ccc(Cl)cc1. The summed E-state index contributed by atoms with van der Waals surface area (Å²) in [5, 5.41) is 4.77. The van der Waals surface area contributed by atoms with E-state index < -0.39 is 6.04 Å². The molecule has 2 aromatic carbocycles. The molecule has 4 rings (SSSR count). The number of aromatic nitrogens is 2. The molecule has 1 aliphatic heterocycles. The van der Waals surface area contributed by atoms with Gasteiger partial charge in [-0.1, -0.05) is 23.7 Å². The van der Waals surface area contributed by atoms with Gasteiger partial charge < -0.3 is 0 Å². The second kappa shape index (κ2) is 6.89. The lowest BCUT2D eigenvalue weighted by Gasteiger charge is -2.19. The number of hydrogen-bond acceptors (Lipinski definition) is 3. The van der Waals surface area contributed by atoms with Gasteiger partial charge in [0.2, 0.25) is 0 Å². The van der Waals surface area contributed by atoms with E-state index in [4.69, 9.17) is 11.6 Å². The summed E-state index contributed by atoms with van der Waals surface area (Å²) in [6.07, 6.45) is 3.57. The minimum Gasteiger partial charge on any atom is -0.282 e.